The van der Waals surface area contributed by atoms with Gasteiger partial charge in [0.1, 0.15) is 0 Å². The third kappa shape index (κ3) is 1.52. The molecule has 0 aromatic heterocycles. The summed E-state index contributed by atoms with van der Waals surface area (Å²) in [5, 5.41) is 7.11. The summed E-state index contributed by atoms with van der Waals surface area (Å²) in [6.45, 7) is 0.763. The summed E-state index contributed by atoms with van der Waals surface area (Å²) in [5.74, 6) is 0.475. The van der Waals surface area contributed by atoms with Crippen molar-refractivity contribution in [3.8, 4) is 0 Å². The first-order chi connectivity index (χ1) is 3.89. The van der Waals surface area contributed by atoms with Crippen LogP contribution in [-0.4, -0.2) is 12.5 Å². The number of rotatable bonds is 0. The van der Waals surface area contributed by atoms with E-state index in [1.165, 1.54) is 6.42 Å². The molecule has 0 aromatic rings. The highest BCUT2D eigenvalue weighted by atomic mass is 16.5. The highest BCUT2D eigenvalue weighted by Gasteiger charge is 2.02. The smallest absolute Gasteiger partial charge is 0.180 e. The van der Waals surface area contributed by atoms with E-state index in [0.29, 0.717) is 5.90 Å². The molecule has 46 valence electrons. The molecule has 0 unspecified atom stereocenters. The van der Waals surface area contributed by atoms with Crippen LogP contribution in [0.1, 0.15) is 25.7 Å². The lowest BCUT2D eigenvalue weighted by Gasteiger charge is -1.97. The van der Waals surface area contributed by atoms with Gasteiger partial charge >= 0.3 is 0 Å². The molecule has 1 heterocycles. The summed E-state index contributed by atoms with van der Waals surface area (Å²) >= 11 is 0. The topological polar surface area (TPSA) is 33.1 Å². The Morgan fingerprint density at radius 2 is 2.12 bits per heavy atom. The third-order valence-electron chi connectivity index (χ3n) is 1.32. The van der Waals surface area contributed by atoms with Crippen LogP contribution >= 0.6 is 0 Å². The monoisotopic (exact) mass is 113 g/mol. The Balaban J connectivity index is 2.27. The first-order valence-electron chi connectivity index (χ1n) is 3.10. The van der Waals surface area contributed by atoms with Crippen LogP contribution in [-0.2, 0) is 4.74 Å². The van der Waals surface area contributed by atoms with Crippen molar-refractivity contribution >= 4 is 5.90 Å². The van der Waals surface area contributed by atoms with Gasteiger partial charge in [0.25, 0.3) is 0 Å². The van der Waals surface area contributed by atoms with Crippen LogP contribution in [0, 0.1) is 5.41 Å². The van der Waals surface area contributed by atoms with E-state index in [0.717, 1.165) is 25.9 Å². The molecule has 1 rings (SSSR count). The molecule has 2 nitrogen and oxygen atoms in total. The Kier molecular flexibility index (Phi) is 1.89. The zero-order valence-electron chi connectivity index (χ0n) is 4.94. The fourth-order valence-corrected chi connectivity index (χ4v) is 0.832. The second-order valence-electron chi connectivity index (χ2n) is 2.08. The maximum Gasteiger partial charge on any atom is 0.180 e. The molecule has 0 amide bonds. The normalized spacial score (nSPS) is 21.8. The van der Waals surface area contributed by atoms with E-state index in [4.69, 9.17) is 10.1 Å². The SMILES string of the molecule is N=C1CCCCCO1. The van der Waals surface area contributed by atoms with E-state index in [2.05, 4.69) is 0 Å². The highest BCUT2D eigenvalue weighted by molar-refractivity contribution is 5.72. The summed E-state index contributed by atoms with van der Waals surface area (Å²) in [4.78, 5) is 0. The molecule has 0 saturated carbocycles. The first kappa shape index (κ1) is 5.60. The van der Waals surface area contributed by atoms with Crippen molar-refractivity contribution in [1.82, 2.24) is 0 Å². The summed E-state index contributed by atoms with van der Waals surface area (Å²) in [5.41, 5.74) is 0. The molecule has 1 aliphatic rings. The molecule has 0 spiro atoms. The lowest BCUT2D eigenvalue weighted by molar-refractivity contribution is 0.299. The molecule has 0 aromatic carbocycles. The van der Waals surface area contributed by atoms with Gasteiger partial charge in [-0.2, -0.15) is 0 Å². The minimum Gasteiger partial charge on any atom is -0.481 e. The van der Waals surface area contributed by atoms with E-state index in [-0.39, 0.29) is 0 Å². The fraction of sp³-hybridized carbons (Fsp3) is 0.833. The quantitative estimate of drug-likeness (QED) is 0.508. The van der Waals surface area contributed by atoms with Crippen LogP contribution in [0.3, 0.4) is 0 Å². The average molecular weight is 113 g/mol. The number of nitrogens with one attached hydrogen (secondary N) is 1. The van der Waals surface area contributed by atoms with Crippen LogP contribution in [0.25, 0.3) is 0 Å². The van der Waals surface area contributed by atoms with Gasteiger partial charge < -0.3 is 4.74 Å². The van der Waals surface area contributed by atoms with Crippen LogP contribution in [0.15, 0.2) is 0 Å². The Bertz CT molecular complexity index is 80.5. The summed E-state index contributed by atoms with van der Waals surface area (Å²) in [6.07, 6.45) is 4.34. The molecule has 0 radical (unpaired) electrons. The number of hydrogen-bond acceptors (Lipinski definition) is 2. The van der Waals surface area contributed by atoms with Crippen LogP contribution in [0.4, 0.5) is 0 Å². The summed E-state index contributed by atoms with van der Waals surface area (Å²) in [7, 11) is 0. The molecule has 2 heteroatoms. The lowest BCUT2D eigenvalue weighted by atomic mass is 10.2. The van der Waals surface area contributed by atoms with E-state index >= 15 is 0 Å². The molecule has 0 aliphatic carbocycles. The predicted octanol–water partition coefficient (Wildman–Crippen LogP) is 1.55. The average Bonchev–Trinajstić information content (AvgIpc) is 1.94. The highest BCUT2D eigenvalue weighted by Crippen LogP contribution is 2.06. The molecule has 1 saturated heterocycles. The molecule has 1 fully saturated rings. The minimum atomic E-state index is 0.475. The number of ether oxygens (including phenoxy) is 1. The van der Waals surface area contributed by atoms with Crippen molar-refractivity contribution < 1.29 is 4.74 Å². The number of hydrogen-bond donors (Lipinski definition) is 1. The molecular weight excluding hydrogens is 102 g/mol. The zero-order valence-corrected chi connectivity index (χ0v) is 4.94. The van der Waals surface area contributed by atoms with Crippen molar-refractivity contribution in [2.75, 3.05) is 6.61 Å². The minimum absolute atomic E-state index is 0.475. The summed E-state index contributed by atoms with van der Waals surface area (Å²) in [6, 6.07) is 0. The molecule has 0 atom stereocenters. The second-order valence-corrected chi connectivity index (χ2v) is 2.08. The van der Waals surface area contributed by atoms with Gasteiger partial charge in [0, 0.05) is 6.42 Å². The van der Waals surface area contributed by atoms with E-state index in [9.17, 15) is 0 Å². The predicted molar refractivity (Wildman–Crippen MR) is 32.1 cm³/mol. The Labute approximate surface area is 49.4 Å². The van der Waals surface area contributed by atoms with Gasteiger partial charge in [-0.05, 0) is 19.3 Å². The lowest BCUT2D eigenvalue weighted by Crippen LogP contribution is -1.99. The zero-order chi connectivity index (χ0) is 5.82. The van der Waals surface area contributed by atoms with Crippen LogP contribution < -0.4 is 0 Å². The van der Waals surface area contributed by atoms with Crippen LogP contribution in [0.5, 0.6) is 0 Å². The Hall–Kier alpha value is -0.530. The van der Waals surface area contributed by atoms with E-state index in [1.807, 2.05) is 0 Å². The van der Waals surface area contributed by atoms with Crippen molar-refractivity contribution in [3.63, 3.8) is 0 Å². The maximum absolute atomic E-state index is 7.11. The largest absolute Gasteiger partial charge is 0.481 e. The van der Waals surface area contributed by atoms with Crippen molar-refractivity contribution in [3.05, 3.63) is 0 Å². The van der Waals surface area contributed by atoms with Gasteiger partial charge in [-0.1, -0.05) is 0 Å². The Morgan fingerprint density at radius 1 is 1.25 bits per heavy atom. The van der Waals surface area contributed by atoms with Gasteiger partial charge in [-0.3, -0.25) is 5.41 Å². The van der Waals surface area contributed by atoms with Gasteiger partial charge in [0.2, 0.25) is 0 Å². The molecule has 0 bridgehead atoms. The van der Waals surface area contributed by atoms with Gasteiger partial charge in [0.15, 0.2) is 5.90 Å². The van der Waals surface area contributed by atoms with Gasteiger partial charge in [-0.15, -0.1) is 0 Å². The Morgan fingerprint density at radius 3 is 3.00 bits per heavy atom. The molecule has 8 heavy (non-hydrogen) atoms. The van der Waals surface area contributed by atoms with E-state index in [1.54, 1.807) is 0 Å². The summed E-state index contributed by atoms with van der Waals surface area (Å²) < 4.78 is 4.99. The standard InChI is InChI=1S/C6H11NO/c7-6-4-2-1-3-5-8-6/h7H,1-5H2. The van der Waals surface area contributed by atoms with Crippen molar-refractivity contribution in [2.24, 2.45) is 0 Å². The molecular formula is C6H11NO. The fourth-order valence-electron chi connectivity index (χ4n) is 0.832. The van der Waals surface area contributed by atoms with Gasteiger partial charge in [0.05, 0.1) is 6.61 Å². The second kappa shape index (κ2) is 2.70. The molecule has 1 aliphatic heterocycles. The van der Waals surface area contributed by atoms with Crippen molar-refractivity contribution in [1.29, 1.82) is 5.41 Å². The molecule has 1 N–H and O–H groups in total. The van der Waals surface area contributed by atoms with Crippen molar-refractivity contribution in [2.45, 2.75) is 25.7 Å². The first-order valence-corrected chi connectivity index (χ1v) is 3.10. The van der Waals surface area contributed by atoms with Crippen LogP contribution in [0.2, 0.25) is 0 Å². The van der Waals surface area contributed by atoms with E-state index < -0.39 is 0 Å². The maximum atomic E-state index is 7.11. The van der Waals surface area contributed by atoms with Gasteiger partial charge in [-0.25, -0.2) is 0 Å². The third-order valence-corrected chi connectivity index (χ3v) is 1.32.